The first-order valence-corrected chi connectivity index (χ1v) is 10.7. The average molecular weight is 401 g/mol. The van der Waals surface area contributed by atoms with Crippen molar-refractivity contribution in [3.05, 3.63) is 40.8 Å². The lowest BCUT2D eigenvalue weighted by Gasteiger charge is -2.14. The van der Waals surface area contributed by atoms with Crippen molar-refractivity contribution >= 4 is 28.3 Å². The molecule has 1 aliphatic rings. The summed E-state index contributed by atoms with van der Waals surface area (Å²) in [5.41, 5.74) is 8.75. The van der Waals surface area contributed by atoms with Gasteiger partial charge in [0.05, 0.1) is 5.56 Å². The highest BCUT2D eigenvalue weighted by atomic mass is 32.1. The first-order chi connectivity index (χ1) is 13.5. The second-order valence-electron chi connectivity index (χ2n) is 7.22. The number of carbonyl (C=O) groups is 2. The SMILES string of the molecule is Cc1ccc(-c2csc(NC(=O)NCCCCN3CCCC3)c2C(N)=O)cc1. The molecule has 0 spiro atoms. The zero-order valence-corrected chi connectivity index (χ0v) is 17.1. The Bertz CT molecular complexity index is 810. The molecule has 1 aromatic carbocycles. The molecule has 0 atom stereocenters. The third kappa shape index (κ3) is 5.33. The van der Waals surface area contributed by atoms with E-state index in [4.69, 9.17) is 5.73 Å². The van der Waals surface area contributed by atoms with Crippen molar-refractivity contribution in [2.24, 2.45) is 5.73 Å². The number of thiophene rings is 1. The van der Waals surface area contributed by atoms with Crippen LogP contribution in [0.4, 0.5) is 9.80 Å². The Balaban J connectivity index is 1.53. The number of carbonyl (C=O) groups excluding carboxylic acids is 2. The minimum absolute atomic E-state index is 0.305. The molecule has 2 aromatic rings. The molecule has 6 nitrogen and oxygen atoms in total. The van der Waals surface area contributed by atoms with Gasteiger partial charge in [-0.3, -0.25) is 10.1 Å². The van der Waals surface area contributed by atoms with Crippen molar-refractivity contribution in [2.45, 2.75) is 32.6 Å². The summed E-state index contributed by atoms with van der Waals surface area (Å²) in [6.45, 7) is 6.12. The number of likely N-dealkylation sites (tertiary alicyclic amines) is 1. The van der Waals surface area contributed by atoms with Crippen molar-refractivity contribution in [1.82, 2.24) is 10.2 Å². The number of amides is 3. The Labute approximate surface area is 170 Å². The summed E-state index contributed by atoms with van der Waals surface area (Å²) in [4.78, 5) is 26.7. The first-order valence-electron chi connectivity index (χ1n) is 9.80. The molecule has 4 N–H and O–H groups in total. The zero-order valence-electron chi connectivity index (χ0n) is 16.3. The van der Waals surface area contributed by atoms with E-state index < -0.39 is 5.91 Å². The molecule has 0 unspecified atom stereocenters. The third-order valence-electron chi connectivity index (χ3n) is 5.01. The maximum Gasteiger partial charge on any atom is 0.319 e. The normalized spacial score (nSPS) is 14.2. The molecule has 7 heteroatoms. The second kappa shape index (κ2) is 9.71. The van der Waals surface area contributed by atoms with E-state index in [1.807, 2.05) is 36.6 Å². The molecule has 0 saturated carbocycles. The third-order valence-corrected chi connectivity index (χ3v) is 5.91. The van der Waals surface area contributed by atoms with E-state index in [-0.39, 0.29) is 6.03 Å². The number of hydrogen-bond donors (Lipinski definition) is 3. The van der Waals surface area contributed by atoms with Crippen LogP contribution in [0.1, 0.15) is 41.6 Å². The highest BCUT2D eigenvalue weighted by Crippen LogP contribution is 2.35. The summed E-state index contributed by atoms with van der Waals surface area (Å²) in [5, 5.41) is 7.99. The van der Waals surface area contributed by atoms with Gasteiger partial charge in [0.15, 0.2) is 0 Å². The molecule has 28 heavy (non-hydrogen) atoms. The van der Waals surface area contributed by atoms with Gasteiger partial charge in [0.2, 0.25) is 0 Å². The summed E-state index contributed by atoms with van der Waals surface area (Å²) in [6.07, 6.45) is 4.61. The lowest BCUT2D eigenvalue weighted by atomic mass is 10.0. The lowest BCUT2D eigenvalue weighted by Crippen LogP contribution is -2.30. The summed E-state index contributed by atoms with van der Waals surface area (Å²) in [5.74, 6) is -0.544. The largest absolute Gasteiger partial charge is 0.365 e. The Hall–Kier alpha value is -2.38. The minimum atomic E-state index is -0.544. The fraction of sp³-hybridized carbons (Fsp3) is 0.429. The van der Waals surface area contributed by atoms with Gasteiger partial charge >= 0.3 is 6.03 Å². The molecule has 0 aliphatic carbocycles. The van der Waals surface area contributed by atoms with Gasteiger partial charge in [-0.15, -0.1) is 11.3 Å². The number of aryl methyl sites for hydroxylation is 1. The highest BCUT2D eigenvalue weighted by molar-refractivity contribution is 7.15. The molecule has 3 rings (SSSR count). The number of benzene rings is 1. The van der Waals surface area contributed by atoms with Crippen LogP contribution in [0.3, 0.4) is 0 Å². The molecule has 1 saturated heterocycles. The standard InChI is InChI=1S/C21H28N4O2S/c1-15-6-8-16(9-7-15)17-14-28-20(18(17)19(22)26)24-21(27)23-10-2-3-11-25-12-4-5-13-25/h6-9,14H,2-5,10-13H2,1H3,(H2,22,26)(H2,23,24,27). The zero-order chi connectivity index (χ0) is 19.9. The van der Waals surface area contributed by atoms with Crippen LogP contribution in [0.15, 0.2) is 29.6 Å². The maximum absolute atomic E-state index is 12.2. The molecule has 1 aliphatic heterocycles. The average Bonchev–Trinajstić information content (AvgIpc) is 3.32. The van der Waals surface area contributed by atoms with E-state index in [9.17, 15) is 9.59 Å². The predicted molar refractivity (Wildman–Crippen MR) is 115 cm³/mol. The molecular formula is C21H28N4O2S. The number of nitrogens with two attached hydrogens (primary N) is 1. The summed E-state index contributed by atoms with van der Waals surface area (Å²) in [6, 6.07) is 7.57. The van der Waals surface area contributed by atoms with Gasteiger partial charge in [-0.05, 0) is 57.8 Å². The molecule has 1 aromatic heterocycles. The Morgan fingerprint density at radius 1 is 1.14 bits per heavy atom. The van der Waals surface area contributed by atoms with Gasteiger partial charge in [-0.2, -0.15) is 0 Å². The van der Waals surface area contributed by atoms with Crippen molar-refractivity contribution in [1.29, 1.82) is 0 Å². The number of nitrogens with zero attached hydrogens (tertiary/aromatic N) is 1. The van der Waals surface area contributed by atoms with Crippen LogP contribution in [0, 0.1) is 6.92 Å². The van der Waals surface area contributed by atoms with Crippen LogP contribution in [0.5, 0.6) is 0 Å². The van der Waals surface area contributed by atoms with E-state index >= 15 is 0 Å². The topological polar surface area (TPSA) is 87.5 Å². The second-order valence-corrected chi connectivity index (χ2v) is 8.10. The van der Waals surface area contributed by atoms with Gasteiger partial charge in [0.1, 0.15) is 5.00 Å². The number of urea groups is 1. The Morgan fingerprint density at radius 3 is 2.54 bits per heavy atom. The van der Waals surface area contributed by atoms with Gasteiger partial charge in [-0.1, -0.05) is 29.8 Å². The number of anilines is 1. The number of nitrogens with one attached hydrogen (secondary N) is 2. The molecule has 0 radical (unpaired) electrons. The van der Waals surface area contributed by atoms with Crippen LogP contribution in [-0.2, 0) is 0 Å². The van der Waals surface area contributed by atoms with Gasteiger partial charge < -0.3 is 16.0 Å². The van der Waals surface area contributed by atoms with E-state index in [1.165, 1.54) is 37.3 Å². The summed E-state index contributed by atoms with van der Waals surface area (Å²) < 4.78 is 0. The number of hydrogen-bond acceptors (Lipinski definition) is 4. The molecule has 1 fully saturated rings. The Kier molecular flexibility index (Phi) is 7.06. The lowest BCUT2D eigenvalue weighted by molar-refractivity contribution is 0.100. The minimum Gasteiger partial charge on any atom is -0.365 e. The van der Waals surface area contributed by atoms with E-state index in [0.29, 0.717) is 17.1 Å². The molecule has 0 bridgehead atoms. The van der Waals surface area contributed by atoms with Gasteiger partial charge in [0, 0.05) is 17.5 Å². The quantitative estimate of drug-likeness (QED) is 0.589. The van der Waals surface area contributed by atoms with Gasteiger partial charge in [0.25, 0.3) is 5.91 Å². The molecule has 3 amide bonds. The van der Waals surface area contributed by atoms with Gasteiger partial charge in [-0.25, -0.2) is 4.79 Å². The van der Waals surface area contributed by atoms with Crippen molar-refractivity contribution in [3.63, 3.8) is 0 Å². The fourth-order valence-electron chi connectivity index (χ4n) is 3.46. The monoisotopic (exact) mass is 400 g/mol. The summed E-state index contributed by atoms with van der Waals surface area (Å²) in [7, 11) is 0. The predicted octanol–water partition coefficient (Wildman–Crippen LogP) is 3.82. The first kappa shape index (κ1) is 20.4. The molecule has 2 heterocycles. The maximum atomic E-state index is 12.2. The van der Waals surface area contributed by atoms with Crippen molar-refractivity contribution in [3.8, 4) is 11.1 Å². The highest BCUT2D eigenvalue weighted by Gasteiger charge is 2.19. The van der Waals surface area contributed by atoms with E-state index in [0.717, 1.165) is 36.1 Å². The Morgan fingerprint density at radius 2 is 1.86 bits per heavy atom. The molecule has 150 valence electrons. The van der Waals surface area contributed by atoms with Crippen LogP contribution in [0.25, 0.3) is 11.1 Å². The smallest absolute Gasteiger partial charge is 0.319 e. The van der Waals surface area contributed by atoms with Crippen LogP contribution in [0.2, 0.25) is 0 Å². The van der Waals surface area contributed by atoms with Crippen molar-refractivity contribution in [2.75, 3.05) is 31.5 Å². The number of unbranched alkanes of at least 4 members (excludes halogenated alkanes) is 1. The summed E-state index contributed by atoms with van der Waals surface area (Å²) >= 11 is 1.31. The van der Waals surface area contributed by atoms with E-state index in [1.54, 1.807) is 0 Å². The van der Waals surface area contributed by atoms with Crippen LogP contribution in [-0.4, -0.2) is 43.0 Å². The number of rotatable bonds is 8. The fourth-order valence-corrected chi connectivity index (χ4v) is 4.43. The van der Waals surface area contributed by atoms with Crippen LogP contribution < -0.4 is 16.4 Å². The number of primary amides is 1. The van der Waals surface area contributed by atoms with E-state index in [2.05, 4.69) is 15.5 Å². The molecular weight excluding hydrogens is 372 g/mol. The van der Waals surface area contributed by atoms with Crippen molar-refractivity contribution < 1.29 is 9.59 Å². The van der Waals surface area contributed by atoms with Crippen LogP contribution >= 0.6 is 11.3 Å².